The van der Waals surface area contributed by atoms with E-state index in [-0.39, 0.29) is 0 Å². The van der Waals surface area contributed by atoms with Gasteiger partial charge in [0, 0.05) is 12.8 Å². The fourth-order valence-electron chi connectivity index (χ4n) is 1.69. The summed E-state index contributed by atoms with van der Waals surface area (Å²) in [5.74, 6) is 0.942. The maximum Gasteiger partial charge on any atom is 0.137 e. The Bertz CT molecular complexity index is 192. The molecule has 1 aliphatic heterocycles. The van der Waals surface area contributed by atoms with Gasteiger partial charge in [0.1, 0.15) is 5.78 Å². The summed E-state index contributed by atoms with van der Waals surface area (Å²) in [4.78, 5) is 11.5. The molecule has 0 aromatic carbocycles. The molecule has 0 bridgehead atoms. The zero-order chi connectivity index (χ0) is 9.68. The van der Waals surface area contributed by atoms with Gasteiger partial charge < -0.3 is 5.32 Å². The van der Waals surface area contributed by atoms with Crippen molar-refractivity contribution >= 4 is 5.78 Å². The lowest BCUT2D eigenvalue weighted by Crippen LogP contribution is -2.12. The van der Waals surface area contributed by atoms with Crippen LogP contribution in [0.1, 0.15) is 32.6 Å². The van der Waals surface area contributed by atoms with Gasteiger partial charge in [-0.3, -0.25) is 4.79 Å². The highest BCUT2D eigenvalue weighted by Crippen LogP contribution is 2.15. The fraction of sp³-hybridized carbons (Fsp3) is 0.727. The summed E-state index contributed by atoms with van der Waals surface area (Å²) in [6.07, 6.45) is 3.41. The van der Waals surface area contributed by atoms with E-state index in [0.29, 0.717) is 18.1 Å². The molecule has 2 nitrogen and oxygen atoms in total. The average Bonchev–Trinajstić information content (AvgIpc) is 2.56. The molecule has 0 radical (unpaired) electrons. The molecule has 1 fully saturated rings. The topological polar surface area (TPSA) is 29.1 Å². The normalized spacial score (nSPS) is 21.8. The second kappa shape index (κ2) is 5.18. The molecule has 0 spiro atoms. The van der Waals surface area contributed by atoms with Gasteiger partial charge in [0.25, 0.3) is 0 Å². The predicted molar refractivity (Wildman–Crippen MR) is 54.6 cm³/mol. The van der Waals surface area contributed by atoms with E-state index in [2.05, 4.69) is 11.9 Å². The smallest absolute Gasteiger partial charge is 0.137 e. The Morgan fingerprint density at radius 3 is 2.92 bits per heavy atom. The molecule has 1 N–H and O–H groups in total. The lowest BCUT2D eigenvalue weighted by molar-refractivity contribution is -0.119. The number of ketones is 1. The molecule has 0 saturated carbocycles. The number of carbonyl (C=O) groups is 1. The lowest BCUT2D eigenvalue weighted by Gasteiger charge is -2.07. The minimum atomic E-state index is 0.362. The minimum absolute atomic E-state index is 0.362. The third-order valence-electron chi connectivity index (χ3n) is 2.63. The number of hydrogen-bond acceptors (Lipinski definition) is 2. The summed E-state index contributed by atoms with van der Waals surface area (Å²) >= 11 is 0. The molecular formula is C11H19NO. The van der Waals surface area contributed by atoms with Crippen LogP contribution in [-0.4, -0.2) is 18.9 Å². The quantitative estimate of drug-likeness (QED) is 0.656. The summed E-state index contributed by atoms with van der Waals surface area (Å²) in [6, 6.07) is 0. The Labute approximate surface area is 80.4 Å². The number of Topliss-reactive ketones (excluding diaryl/α,β-unsaturated/α-hetero) is 1. The van der Waals surface area contributed by atoms with Crippen molar-refractivity contribution in [2.24, 2.45) is 5.92 Å². The summed E-state index contributed by atoms with van der Waals surface area (Å²) < 4.78 is 0. The molecule has 74 valence electrons. The molecule has 0 amide bonds. The predicted octanol–water partition coefficient (Wildman–Crippen LogP) is 1.91. The first-order valence-electron chi connectivity index (χ1n) is 5.11. The Balaban J connectivity index is 2.20. The van der Waals surface area contributed by atoms with E-state index < -0.39 is 0 Å². The number of nitrogens with one attached hydrogen (secondary N) is 1. The highest BCUT2D eigenvalue weighted by atomic mass is 16.1. The van der Waals surface area contributed by atoms with Crippen LogP contribution in [0, 0.1) is 5.92 Å². The van der Waals surface area contributed by atoms with Gasteiger partial charge in [-0.05, 0) is 31.8 Å². The molecule has 13 heavy (non-hydrogen) atoms. The van der Waals surface area contributed by atoms with Crippen molar-refractivity contribution in [3.8, 4) is 0 Å². The van der Waals surface area contributed by atoms with Gasteiger partial charge in [-0.2, -0.15) is 0 Å². The van der Waals surface area contributed by atoms with E-state index in [4.69, 9.17) is 0 Å². The first-order chi connectivity index (χ1) is 6.22. The summed E-state index contributed by atoms with van der Waals surface area (Å²) in [5, 5.41) is 3.27. The van der Waals surface area contributed by atoms with Crippen molar-refractivity contribution < 1.29 is 4.79 Å². The largest absolute Gasteiger partial charge is 0.316 e. The van der Waals surface area contributed by atoms with E-state index in [0.717, 1.165) is 37.9 Å². The molecule has 1 atom stereocenters. The van der Waals surface area contributed by atoms with Crippen molar-refractivity contribution in [1.29, 1.82) is 0 Å². The van der Waals surface area contributed by atoms with Crippen LogP contribution in [0.4, 0.5) is 0 Å². The van der Waals surface area contributed by atoms with Crippen LogP contribution >= 0.6 is 0 Å². The van der Waals surface area contributed by atoms with E-state index in [9.17, 15) is 4.79 Å². The van der Waals surface area contributed by atoms with Gasteiger partial charge in [-0.1, -0.05) is 19.1 Å². The SMILES string of the molecule is C=C(CC)CC(=O)CC1CCNC1. The van der Waals surface area contributed by atoms with Crippen LogP contribution < -0.4 is 5.32 Å². The monoisotopic (exact) mass is 181 g/mol. The third-order valence-corrected chi connectivity index (χ3v) is 2.63. The van der Waals surface area contributed by atoms with Crippen LogP contribution in [0.2, 0.25) is 0 Å². The van der Waals surface area contributed by atoms with Crippen LogP contribution in [0.5, 0.6) is 0 Å². The second-order valence-electron chi connectivity index (χ2n) is 3.88. The molecule has 1 rings (SSSR count). The molecule has 0 aromatic heterocycles. The molecular weight excluding hydrogens is 162 g/mol. The fourth-order valence-corrected chi connectivity index (χ4v) is 1.69. The standard InChI is InChI=1S/C11H19NO/c1-3-9(2)6-11(13)7-10-4-5-12-8-10/h10,12H,2-8H2,1H3. The maximum absolute atomic E-state index is 11.5. The van der Waals surface area contributed by atoms with Crippen molar-refractivity contribution in [3.05, 3.63) is 12.2 Å². The minimum Gasteiger partial charge on any atom is -0.316 e. The van der Waals surface area contributed by atoms with Gasteiger partial charge in [0.2, 0.25) is 0 Å². The Hall–Kier alpha value is -0.630. The van der Waals surface area contributed by atoms with Gasteiger partial charge in [-0.15, -0.1) is 0 Å². The van der Waals surface area contributed by atoms with Crippen LogP contribution in [-0.2, 0) is 4.79 Å². The molecule has 1 unspecified atom stereocenters. The molecule has 0 aliphatic carbocycles. The molecule has 1 aliphatic rings. The number of carbonyl (C=O) groups excluding carboxylic acids is 1. The zero-order valence-electron chi connectivity index (χ0n) is 8.44. The van der Waals surface area contributed by atoms with Gasteiger partial charge >= 0.3 is 0 Å². The number of rotatable bonds is 5. The second-order valence-corrected chi connectivity index (χ2v) is 3.88. The lowest BCUT2D eigenvalue weighted by atomic mass is 9.97. The van der Waals surface area contributed by atoms with Crippen molar-refractivity contribution in [2.75, 3.05) is 13.1 Å². The Kier molecular flexibility index (Phi) is 4.16. The first kappa shape index (κ1) is 10.5. The zero-order valence-corrected chi connectivity index (χ0v) is 8.44. The number of hydrogen-bond donors (Lipinski definition) is 1. The highest BCUT2D eigenvalue weighted by molar-refractivity contribution is 5.80. The molecule has 1 saturated heterocycles. The summed E-state index contributed by atoms with van der Waals surface area (Å²) in [7, 11) is 0. The first-order valence-corrected chi connectivity index (χ1v) is 5.11. The summed E-state index contributed by atoms with van der Waals surface area (Å²) in [6.45, 7) is 7.99. The summed E-state index contributed by atoms with van der Waals surface area (Å²) in [5.41, 5.74) is 1.07. The third kappa shape index (κ3) is 3.73. The average molecular weight is 181 g/mol. The van der Waals surface area contributed by atoms with Gasteiger partial charge in [0.15, 0.2) is 0 Å². The van der Waals surface area contributed by atoms with Crippen molar-refractivity contribution in [2.45, 2.75) is 32.6 Å². The molecule has 0 aromatic rings. The van der Waals surface area contributed by atoms with Gasteiger partial charge in [-0.25, -0.2) is 0 Å². The van der Waals surface area contributed by atoms with Crippen LogP contribution in [0.25, 0.3) is 0 Å². The van der Waals surface area contributed by atoms with Gasteiger partial charge in [0.05, 0.1) is 0 Å². The molecule has 2 heteroatoms. The van der Waals surface area contributed by atoms with Crippen LogP contribution in [0.3, 0.4) is 0 Å². The maximum atomic E-state index is 11.5. The van der Waals surface area contributed by atoms with E-state index in [1.54, 1.807) is 0 Å². The Morgan fingerprint density at radius 1 is 1.62 bits per heavy atom. The van der Waals surface area contributed by atoms with Crippen molar-refractivity contribution in [3.63, 3.8) is 0 Å². The van der Waals surface area contributed by atoms with Crippen molar-refractivity contribution in [1.82, 2.24) is 5.32 Å². The van der Waals surface area contributed by atoms with E-state index >= 15 is 0 Å². The van der Waals surface area contributed by atoms with Crippen LogP contribution in [0.15, 0.2) is 12.2 Å². The molecule has 1 heterocycles. The van der Waals surface area contributed by atoms with E-state index in [1.165, 1.54) is 0 Å². The Morgan fingerprint density at radius 2 is 2.38 bits per heavy atom. The highest BCUT2D eigenvalue weighted by Gasteiger charge is 2.17. The van der Waals surface area contributed by atoms with E-state index in [1.807, 2.05) is 6.92 Å². The number of allylic oxidation sites excluding steroid dienone is 1.